The van der Waals surface area contributed by atoms with Crippen LogP contribution >= 0.6 is 15.9 Å². The van der Waals surface area contributed by atoms with E-state index in [-0.39, 0.29) is 12.0 Å². The van der Waals surface area contributed by atoms with E-state index in [1.807, 2.05) is 31.3 Å². The van der Waals surface area contributed by atoms with Crippen molar-refractivity contribution in [3.63, 3.8) is 0 Å². The second-order valence-corrected chi connectivity index (χ2v) is 5.86. The van der Waals surface area contributed by atoms with E-state index >= 15 is 0 Å². The molecular formula is C14H19BrN2O2. The van der Waals surface area contributed by atoms with Gasteiger partial charge in [0.1, 0.15) is 0 Å². The van der Waals surface area contributed by atoms with Gasteiger partial charge in [-0.1, -0.05) is 15.9 Å². The Balaban J connectivity index is 1.93. The Bertz CT molecular complexity index is 436. The first-order valence-electron chi connectivity index (χ1n) is 6.37. The van der Waals surface area contributed by atoms with Gasteiger partial charge >= 0.3 is 0 Å². The summed E-state index contributed by atoms with van der Waals surface area (Å²) in [5, 5.41) is 0. The van der Waals surface area contributed by atoms with Gasteiger partial charge < -0.3 is 14.5 Å². The van der Waals surface area contributed by atoms with Gasteiger partial charge in [0.2, 0.25) is 0 Å². The number of likely N-dealkylation sites (N-methyl/N-ethyl adjacent to an activating group) is 2. The lowest BCUT2D eigenvalue weighted by molar-refractivity contribution is -0.0301. The molecule has 1 amide bonds. The average Bonchev–Trinajstić information content (AvgIpc) is 2.39. The number of morpholine rings is 1. The standard InChI is InChI=1S/C14H19BrN2O2/c1-16-7-8-19-13(9-16)10-17(2)14(18)11-3-5-12(15)6-4-11/h3-6,13H,7-10H2,1-2H3. The average molecular weight is 327 g/mol. The molecular weight excluding hydrogens is 308 g/mol. The highest BCUT2D eigenvalue weighted by Crippen LogP contribution is 2.13. The molecule has 1 unspecified atom stereocenters. The van der Waals surface area contributed by atoms with Crippen LogP contribution in [0.1, 0.15) is 10.4 Å². The Hall–Kier alpha value is -0.910. The van der Waals surface area contributed by atoms with Crippen molar-refractivity contribution < 1.29 is 9.53 Å². The van der Waals surface area contributed by atoms with Gasteiger partial charge in [-0.15, -0.1) is 0 Å². The van der Waals surface area contributed by atoms with Gasteiger partial charge in [-0.25, -0.2) is 0 Å². The number of halogens is 1. The van der Waals surface area contributed by atoms with E-state index in [1.165, 1.54) is 0 Å². The molecule has 0 aromatic heterocycles. The highest BCUT2D eigenvalue weighted by atomic mass is 79.9. The molecule has 2 rings (SSSR count). The SMILES string of the molecule is CN1CCOC(CN(C)C(=O)c2ccc(Br)cc2)C1. The maximum absolute atomic E-state index is 12.3. The molecule has 0 radical (unpaired) electrons. The lowest BCUT2D eigenvalue weighted by Crippen LogP contribution is -2.46. The Morgan fingerprint density at radius 2 is 2.16 bits per heavy atom. The molecule has 1 heterocycles. The number of benzene rings is 1. The Morgan fingerprint density at radius 1 is 1.47 bits per heavy atom. The second kappa shape index (κ2) is 6.50. The molecule has 1 aromatic carbocycles. The quantitative estimate of drug-likeness (QED) is 0.849. The van der Waals surface area contributed by atoms with Gasteiger partial charge in [0, 0.05) is 36.7 Å². The van der Waals surface area contributed by atoms with Crippen molar-refractivity contribution >= 4 is 21.8 Å². The van der Waals surface area contributed by atoms with Crippen molar-refractivity contribution in [1.29, 1.82) is 0 Å². The summed E-state index contributed by atoms with van der Waals surface area (Å²) in [5.74, 6) is 0.0318. The predicted octanol–water partition coefficient (Wildman–Crippen LogP) is 1.85. The zero-order valence-electron chi connectivity index (χ0n) is 11.3. The van der Waals surface area contributed by atoms with Gasteiger partial charge in [-0.05, 0) is 31.3 Å². The summed E-state index contributed by atoms with van der Waals surface area (Å²) >= 11 is 3.37. The number of rotatable bonds is 3. The third-order valence-corrected chi connectivity index (χ3v) is 3.79. The van der Waals surface area contributed by atoms with E-state index in [9.17, 15) is 4.79 Å². The Labute approximate surface area is 122 Å². The van der Waals surface area contributed by atoms with Crippen LogP contribution in [0.4, 0.5) is 0 Å². The Kier molecular flexibility index (Phi) is 4.96. The lowest BCUT2D eigenvalue weighted by Gasteiger charge is -2.32. The van der Waals surface area contributed by atoms with Crippen molar-refractivity contribution in [2.75, 3.05) is 40.3 Å². The van der Waals surface area contributed by atoms with Gasteiger partial charge in [-0.3, -0.25) is 4.79 Å². The van der Waals surface area contributed by atoms with Crippen LogP contribution in [0, 0.1) is 0 Å². The van der Waals surface area contributed by atoms with Gasteiger partial charge in [0.15, 0.2) is 0 Å². The molecule has 0 saturated carbocycles. The molecule has 104 valence electrons. The molecule has 0 spiro atoms. The molecule has 1 aromatic rings. The predicted molar refractivity (Wildman–Crippen MR) is 78.3 cm³/mol. The maximum Gasteiger partial charge on any atom is 0.253 e. The monoisotopic (exact) mass is 326 g/mol. The third kappa shape index (κ3) is 4.03. The number of hydrogen-bond donors (Lipinski definition) is 0. The maximum atomic E-state index is 12.3. The van der Waals surface area contributed by atoms with Crippen molar-refractivity contribution in [2.45, 2.75) is 6.10 Å². The van der Waals surface area contributed by atoms with Crippen LogP contribution in [0.15, 0.2) is 28.7 Å². The molecule has 5 heteroatoms. The molecule has 1 saturated heterocycles. The number of ether oxygens (including phenoxy) is 1. The molecule has 1 aliphatic rings. The van der Waals surface area contributed by atoms with Crippen molar-refractivity contribution in [3.05, 3.63) is 34.3 Å². The summed E-state index contributed by atoms with van der Waals surface area (Å²) < 4.78 is 6.66. The van der Waals surface area contributed by atoms with Crippen molar-refractivity contribution in [2.24, 2.45) is 0 Å². The number of amides is 1. The van der Waals surface area contributed by atoms with E-state index in [1.54, 1.807) is 4.90 Å². The van der Waals surface area contributed by atoms with Crippen LogP contribution in [-0.4, -0.2) is 62.1 Å². The van der Waals surface area contributed by atoms with Crippen molar-refractivity contribution in [3.8, 4) is 0 Å². The highest BCUT2D eigenvalue weighted by Gasteiger charge is 2.21. The van der Waals surface area contributed by atoms with E-state index in [4.69, 9.17) is 4.74 Å². The molecule has 0 aliphatic carbocycles. The van der Waals surface area contributed by atoms with Crippen molar-refractivity contribution in [1.82, 2.24) is 9.80 Å². The summed E-state index contributed by atoms with van der Waals surface area (Å²) in [4.78, 5) is 16.2. The number of carbonyl (C=O) groups is 1. The van der Waals surface area contributed by atoms with Crippen LogP contribution in [0.25, 0.3) is 0 Å². The molecule has 1 atom stereocenters. The largest absolute Gasteiger partial charge is 0.374 e. The number of nitrogens with zero attached hydrogens (tertiary/aromatic N) is 2. The summed E-state index contributed by atoms with van der Waals surface area (Å²) in [5.41, 5.74) is 0.704. The zero-order chi connectivity index (χ0) is 13.8. The highest BCUT2D eigenvalue weighted by molar-refractivity contribution is 9.10. The summed E-state index contributed by atoms with van der Waals surface area (Å²) in [6, 6.07) is 7.42. The molecule has 1 fully saturated rings. The lowest BCUT2D eigenvalue weighted by atomic mass is 10.2. The minimum atomic E-state index is 0.0318. The normalized spacial score (nSPS) is 20.3. The molecule has 19 heavy (non-hydrogen) atoms. The van der Waals surface area contributed by atoms with Gasteiger partial charge in [-0.2, -0.15) is 0 Å². The third-order valence-electron chi connectivity index (χ3n) is 3.26. The smallest absolute Gasteiger partial charge is 0.253 e. The molecule has 4 nitrogen and oxygen atoms in total. The van der Waals surface area contributed by atoms with Gasteiger partial charge in [0.25, 0.3) is 5.91 Å². The summed E-state index contributed by atoms with van der Waals surface area (Å²) in [6.45, 7) is 3.19. The summed E-state index contributed by atoms with van der Waals surface area (Å²) in [7, 11) is 3.90. The first kappa shape index (κ1) is 14.5. The fraction of sp³-hybridized carbons (Fsp3) is 0.500. The minimum Gasteiger partial charge on any atom is -0.374 e. The first-order valence-corrected chi connectivity index (χ1v) is 7.17. The number of carbonyl (C=O) groups excluding carboxylic acids is 1. The van der Waals surface area contributed by atoms with E-state index in [0.29, 0.717) is 12.1 Å². The van der Waals surface area contributed by atoms with Crippen LogP contribution in [0.3, 0.4) is 0 Å². The molecule has 0 N–H and O–H groups in total. The fourth-order valence-corrected chi connectivity index (χ4v) is 2.44. The van der Waals surface area contributed by atoms with Gasteiger partial charge in [0.05, 0.1) is 12.7 Å². The molecule has 1 aliphatic heterocycles. The van der Waals surface area contributed by atoms with Crippen LogP contribution < -0.4 is 0 Å². The minimum absolute atomic E-state index is 0.0318. The van der Waals surface area contributed by atoms with E-state index in [0.717, 1.165) is 24.2 Å². The van der Waals surface area contributed by atoms with E-state index in [2.05, 4.69) is 27.9 Å². The topological polar surface area (TPSA) is 32.8 Å². The second-order valence-electron chi connectivity index (χ2n) is 4.95. The van der Waals surface area contributed by atoms with E-state index < -0.39 is 0 Å². The fourth-order valence-electron chi connectivity index (χ4n) is 2.18. The number of hydrogen-bond acceptors (Lipinski definition) is 3. The van der Waals surface area contributed by atoms with Crippen LogP contribution in [0.5, 0.6) is 0 Å². The Morgan fingerprint density at radius 3 is 2.79 bits per heavy atom. The van der Waals surface area contributed by atoms with Crippen LogP contribution in [-0.2, 0) is 4.74 Å². The van der Waals surface area contributed by atoms with Crippen LogP contribution in [0.2, 0.25) is 0 Å². The first-order chi connectivity index (χ1) is 9.06. The summed E-state index contributed by atoms with van der Waals surface area (Å²) in [6.07, 6.45) is 0.100. The molecule has 0 bridgehead atoms. The zero-order valence-corrected chi connectivity index (χ0v) is 12.9.